The van der Waals surface area contributed by atoms with E-state index in [0.717, 1.165) is 11.1 Å². The lowest BCUT2D eigenvalue weighted by Gasteiger charge is -2.19. The fourth-order valence-electron chi connectivity index (χ4n) is 3.44. The third-order valence-electron chi connectivity index (χ3n) is 5.48. The minimum Gasteiger partial charge on any atom is -0.489 e. The van der Waals surface area contributed by atoms with Gasteiger partial charge in [0.2, 0.25) is 11.8 Å². The number of hydrogen-bond donors (Lipinski definition) is 5. The molecule has 194 valence electrons. The van der Waals surface area contributed by atoms with Crippen LogP contribution in [0, 0.1) is 6.92 Å². The summed E-state index contributed by atoms with van der Waals surface area (Å²) in [6.07, 6.45) is 0.799. The molecule has 0 aliphatic heterocycles. The average molecular weight is 504 g/mol. The highest BCUT2D eigenvalue weighted by molar-refractivity contribution is 5.99. The summed E-state index contributed by atoms with van der Waals surface area (Å²) in [5, 5.41) is 11.0. The minimum atomic E-state index is -0.815. The summed E-state index contributed by atoms with van der Waals surface area (Å²) in [6.45, 7) is 2.64. The Hall–Kier alpha value is -4.37. The van der Waals surface area contributed by atoms with Crippen molar-refractivity contribution in [2.45, 2.75) is 32.4 Å². The molecule has 0 fully saturated rings. The van der Waals surface area contributed by atoms with E-state index in [0.29, 0.717) is 43.1 Å². The molecule has 0 heterocycles. The Morgan fingerprint density at radius 2 is 1.51 bits per heavy atom. The Bertz CT molecular complexity index is 1150. The van der Waals surface area contributed by atoms with Crippen molar-refractivity contribution in [3.05, 3.63) is 90.0 Å². The van der Waals surface area contributed by atoms with E-state index >= 15 is 0 Å². The quantitative estimate of drug-likeness (QED) is 0.241. The van der Waals surface area contributed by atoms with Crippen molar-refractivity contribution in [2.24, 2.45) is 5.73 Å². The van der Waals surface area contributed by atoms with Crippen LogP contribution in [-0.4, -0.2) is 37.0 Å². The second-order valence-electron chi connectivity index (χ2n) is 8.50. The number of ether oxygens (including phenoxy) is 1. The number of aryl methyl sites for hydroxylation is 1. The van der Waals surface area contributed by atoms with Gasteiger partial charge in [-0.2, -0.15) is 0 Å². The summed E-state index contributed by atoms with van der Waals surface area (Å²) >= 11 is 0. The first kappa shape index (κ1) is 27.2. The monoisotopic (exact) mass is 503 g/mol. The van der Waals surface area contributed by atoms with Crippen molar-refractivity contribution in [2.75, 3.05) is 23.7 Å². The molecule has 0 radical (unpaired) electrons. The van der Waals surface area contributed by atoms with E-state index in [9.17, 15) is 14.4 Å². The van der Waals surface area contributed by atoms with Crippen LogP contribution < -0.4 is 31.7 Å². The fourth-order valence-corrected chi connectivity index (χ4v) is 3.44. The van der Waals surface area contributed by atoms with E-state index in [-0.39, 0.29) is 18.4 Å². The average Bonchev–Trinajstić information content (AvgIpc) is 2.91. The summed E-state index contributed by atoms with van der Waals surface area (Å²) in [5.74, 6) is 0.0426. The second-order valence-corrected chi connectivity index (χ2v) is 8.50. The molecule has 0 aromatic heterocycles. The van der Waals surface area contributed by atoms with Crippen LogP contribution in [0.1, 0.15) is 24.0 Å². The molecule has 0 bridgehead atoms. The van der Waals surface area contributed by atoms with Gasteiger partial charge in [-0.15, -0.1) is 0 Å². The van der Waals surface area contributed by atoms with Crippen molar-refractivity contribution >= 4 is 29.2 Å². The molecule has 0 saturated heterocycles. The van der Waals surface area contributed by atoms with Crippen LogP contribution in [0.3, 0.4) is 0 Å². The number of amides is 4. The van der Waals surface area contributed by atoms with Gasteiger partial charge in [0.25, 0.3) is 0 Å². The molecule has 4 amide bonds. The summed E-state index contributed by atoms with van der Waals surface area (Å²) in [5.41, 5.74) is 8.61. The molecule has 0 aliphatic rings. The SMILES string of the molecule is Cc1ccc(NC(=O)[C@H](CCCNC(=O)CN)NC(=O)Nc2ccc(OCc3ccccc3)cc2)cc1. The molecule has 3 aromatic rings. The van der Waals surface area contributed by atoms with Crippen molar-refractivity contribution in [3.8, 4) is 5.75 Å². The molecular weight excluding hydrogens is 470 g/mol. The van der Waals surface area contributed by atoms with Gasteiger partial charge in [0, 0.05) is 17.9 Å². The second kappa shape index (κ2) is 14.3. The van der Waals surface area contributed by atoms with E-state index in [2.05, 4.69) is 21.3 Å². The predicted octanol–water partition coefficient (Wildman–Crippen LogP) is 3.56. The minimum absolute atomic E-state index is 0.103. The third kappa shape index (κ3) is 9.65. The van der Waals surface area contributed by atoms with E-state index in [1.807, 2.05) is 49.4 Å². The molecule has 9 nitrogen and oxygen atoms in total. The molecule has 3 rings (SSSR count). The molecule has 1 atom stereocenters. The van der Waals surface area contributed by atoms with Crippen molar-refractivity contribution in [1.82, 2.24) is 10.6 Å². The highest BCUT2D eigenvalue weighted by Crippen LogP contribution is 2.17. The zero-order chi connectivity index (χ0) is 26.5. The van der Waals surface area contributed by atoms with Crippen molar-refractivity contribution in [3.63, 3.8) is 0 Å². The van der Waals surface area contributed by atoms with Gasteiger partial charge in [0.05, 0.1) is 6.54 Å². The zero-order valence-corrected chi connectivity index (χ0v) is 20.8. The Morgan fingerprint density at radius 1 is 0.865 bits per heavy atom. The number of hydrogen-bond acceptors (Lipinski definition) is 5. The number of benzene rings is 3. The van der Waals surface area contributed by atoms with Crippen LogP contribution in [0.2, 0.25) is 0 Å². The molecule has 37 heavy (non-hydrogen) atoms. The first-order chi connectivity index (χ1) is 17.9. The largest absolute Gasteiger partial charge is 0.489 e. The van der Waals surface area contributed by atoms with Crippen LogP contribution in [-0.2, 0) is 16.2 Å². The molecule has 0 saturated carbocycles. The van der Waals surface area contributed by atoms with Crippen molar-refractivity contribution in [1.29, 1.82) is 0 Å². The number of urea groups is 1. The summed E-state index contributed by atoms with van der Waals surface area (Å²) in [7, 11) is 0. The molecule has 0 unspecified atom stereocenters. The Labute approximate surface area is 216 Å². The highest BCUT2D eigenvalue weighted by atomic mass is 16.5. The van der Waals surface area contributed by atoms with Gasteiger partial charge in [0.1, 0.15) is 18.4 Å². The van der Waals surface area contributed by atoms with Gasteiger partial charge in [-0.3, -0.25) is 9.59 Å². The van der Waals surface area contributed by atoms with Gasteiger partial charge in [-0.1, -0.05) is 48.0 Å². The topological polar surface area (TPSA) is 135 Å². The number of anilines is 2. The van der Waals surface area contributed by atoms with Gasteiger partial charge >= 0.3 is 6.03 Å². The van der Waals surface area contributed by atoms with Gasteiger partial charge in [0.15, 0.2) is 0 Å². The number of carbonyl (C=O) groups excluding carboxylic acids is 3. The van der Waals surface area contributed by atoms with Crippen LogP contribution in [0.15, 0.2) is 78.9 Å². The third-order valence-corrected chi connectivity index (χ3v) is 5.48. The first-order valence-corrected chi connectivity index (χ1v) is 12.1. The van der Waals surface area contributed by atoms with Crippen LogP contribution in [0.4, 0.5) is 16.2 Å². The molecule has 6 N–H and O–H groups in total. The standard InChI is InChI=1S/C28H33N5O4/c1-20-9-11-22(12-10-20)31-27(35)25(8-5-17-30-26(34)18-29)33-28(36)32-23-13-15-24(16-14-23)37-19-21-6-3-2-4-7-21/h2-4,6-7,9-16,25H,5,8,17-19,29H2,1H3,(H,30,34)(H,31,35)(H2,32,33,36)/t25-/m0/s1. The summed E-state index contributed by atoms with van der Waals surface area (Å²) < 4.78 is 5.77. The van der Waals surface area contributed by atoms with E-state index < -0.39 is 12.1 Å². The first-order valence-electron chi connectivity index (χ1n) is 12.1. The Kier molecular flexibility index (Phi) is 10.5. The summed E-state index contributed by atoms with van der Waals surface area (Å²) in [4.78, 5) is 37.0. The number of nitrogens with two attached hydrogens (primary N) is 1. The van der Waals surface area contributed by atoms with Gasteiger partial charge in [-0.05, 0) is 61.7 Å². The number of carbonyl (C=O) groups is 3. The molecular formula is C28H33N5O4. The molecule has 3 aromatic carbocycles. The number of nitrogens with one attached hydrogen (secondary N) is 4. The zero-order valence-electron chi connectivity index (χ0n) is 20.8. The lowest BCUT2D eigenvalue weighted by atomic mass is 10.1. The highest BCUT2D eigenvalue weighted by Gasteiger charge is 2.21. The molecule has 0 spiro atoms. The van der Waals surface area contributed by atoms with Gasteiger partial charge < -0.3 is 31.7 Å². The smallest absolute Gasteiger partial charge is 0.319 e. The Morgan fingerprint density at radius 3 is 2.19 bits per heavy atom. The molecule has 9 heteroatoms. The fraction of sp³-hybridized carbons (Fsp3) is 0.250. The normalized spacial score (nSPS) is 11.2. The predicted molar refractivity (Wildman–Crippen MR) is 144 cm³/mol. The summed E-state index contributed by atoms with van der Waals surface area (Å²) in [6, 6.07) is 22.8. The maximum Gasteiger partial charge on any atom is 0.319 e. The maximum atomic E-state index is 12.9. The van der Waals surface area contributed by atoms with E-state index in [1.165, 1.54) is 0 Å². The lowest BCUT2D eigenvalue weighted by Crippen LogP contribution is -2.46. The van der Waals surface area contributed by atoms with Crippen LogP contribution >= 0.6 is 0 Å². The molecule has 0 aliphatic carbocycles. The van der Waals surface area contributed by atoms with Crippen molar-refractivity contribution < 1.29 is 19.1 Å². The Balaban J connectivity index is 1.55. The van der Waals surface area contributed by atoms with Crippen LogP contribution in [0.25, 0.3) is 0 Å². The number of rotatable bonds is 12. The van der Waals surface area contributed by atoms with Crippen LogP contribution in [0.5, 0.6) is 5.75 Å². The van der Waals surface area contributed by atoms with E-state index in [4.69, 9.17) is 10.5 Å². The lowest BCUT2D eigenvalue weighted by molar-refractivity contribution is -0.119. The van der Waals surface area contributed by atoms with Gasteiger partial charge in [-0.25, -0.2) is 4.79 Å². The van der Waals surface area contributed by atoms with E-state index in [1.54, 1.807) is 36.4 Å². The maximum absolute atomic E-state index is 12.9.